The number of amides is 1. The van der Waals surface area contributed by atoms with Crippen LogP contribution in [-0.4, -0.2) is 24.2 Å². The van der Waals surface area contributed by atoms with Crippen molar-refractivity contribution in [1.29, 1.82) is 0 Å². The summed E-state index contributed by atoms with van der Waals surface area (Å²) >= 11 is 13.3. The molecule has 4 nitrogen and oxygen atoms in total. The Kier molecular flexibility index (Phi) is 7.82. The third-order valence-corrected chi connectivity index (χ3v) is 5.27. The van der Waals surface area contributed by atoms with Crippen LogP contribution in [0.25, 0.3) is 0 Å². The number of carbonyl (C=O) groups excluding carboxylic acids is 2. The van der Waals surface area contributed by atoms with Gasteiger partial charge in [0.15, 0.2) is 6.61 Å². The van der Waals surface area contributed by atoms with Gasteiger partial charge in [-0.05, 0) is 43.2 Å². The maximum atomic E-state index is 11.8. The van der Waals surface area contributed by atoms with Crippen LogP contribution in [0.5, 0.6) is 0 Å². The van der Waals surface area contributed by atoms with E-state index in [2.05, 4.69) is 11.4 Å². The molecular formula is C19H19Cl2NO3S. The fourth-order valence-electron chi connectivity index (χ4n) is 2.20. The van der Waals surface area contributed by atoms with Gasteiger partial charge in [-0.25, -0.2) is 0 Å². The molecule has 1 amide bonds. The van der Waals surface area contributed by atoms with Crippen molar-refractivity contribution in [3.05, 3.63) is 63.1 Å². The van der Waals surface area contributed by atoms with E-state index in [0.717, 1.165) is 16.0 Å². The lowest BCUT2D eigenvalue weighted by atomic mass is 10.2. The first-order valence-corrected chi connectivity index (χ1v) is 9.65. The van der Waals surface area contributed by atoms with E-state index >= 15 is 0 Å². The Bertz CT molecular complexity index is 744. The number of aryl methyl sites for hydroxylation is 2. The van der Waals surface area contributed by atoms with Crippen molar-refractivity contribution in [1.82, 2.24) is 5.32 Å². The molecule has 0 unspecified atom stereocenters. The van der Waals surface area contributed by atoms with E-state index in [1.54, 1.807) is 18.2 Å². The van der Waals surface area contributed by atoms with Crippen LogP contribution in [0.4, 0.5) is 0 Å². The largest absolute Gasteiger partial charge is 0.455 e. The second kappa shape index (κ2) is 9.86. The van der Waals surface area contributed by atoms with Crippen molar-refractivity contribution in [3.63, 3.8) is 0 Å². The summed E-state index contributed by atoms with van der Waals surface area (Å²) < 4.78 is 5.00. The van der Waals surface area contributed by atoms with Gasteiger partial charge in [0.05, 0.1) is 5.75 Å². The number of benzene rings is 2. The predicted molar refractivity (Wildman–Crippen MR) is 106 cm³/mol. The Labute approximate surface area is 167 Å². The second-order valence-corrected chi connectivity index (χ2v) is 7.59. The molecule has 2 aromatic rings. The van der Waals surface area contributed by atoms with E-state index in [9.17, 15) is 9.59 Å². The molecule has 2 aromatic carbocycles. The van der Waals surface area contributed by atoms with Crippen LogP contribution in [0.3, 0.4) is 0 Å². The predicted octanol–water partition coefficient (Wildman–Crippen LogP) is 4.56. The Hall–Kier alpha value is -1.69. The molecule has 0 saturated heterocycles. The lowest BCUT2D eigenvalue weighted by molar-refractivity contribution is -0.145. The third-order valence-electron chi connectivity index (χ3n) is 3.53. The average Bonchev–Trinajstić information content (AvgIpc) is 2.58. The van der Waals surface area contributed by atoms with Crippen LogP contribution in [0.2, 0.25) is 10.0 Å². The van der Waals surface area contributed by atoms with Gasteiger partial charge in [0.2, 0.25) is 0 Å². The Morgan fingerprint density at radius 1 is 1.12 bits per heavy atom. The van der Waals surface area contributed by atoms with Gasteiger partial charge >= 0.3 is 5.97 Å². The summed E-state index contributed by atoms with van der Waals surface area (Å²) in [5, 5.41) is 3.65. The number of hydrogen-bond acceptors (Lipinski definition) is 4. The highest BCUT2D eigenvalue weighted by atomic mass is 35.5. The maximum absolute atomic E-state index is 11.8. The summed E-state index contributed by atoms with van der Waals surface area (Å²) in [6.07, 6.45) is 0. The van der Waals surface area contributed by atoms with Gasteiger partial charge in [-0.1, -0.05) is 47.0 Å². The quantitative estimate of drug-likeness (QED) is 0.535. The third kappa shape index (κ3) is 6.56. The normalized spacial score (nSPS) is 10.5. The van der Waals surface area contributed by atoms with E-state index in [0.29, 0.717) is 10.0 Å². The molecule has 138 valence electrons. The van der Waals surface area contributed by atoms with Gasteiger partial charge in [-0.15, -0.1) is 11.8 Å². The highest BCUT2D eigenvalue weighted by molar-refractivity contribution is 8.00. The Balaban J connectivity index is 1.72. The number of esters is 1. The van der Waals surface area contributed by atoms with Gasteiger partial charge in [0.25, 0.3) is 5.91 Å². The summed E-state index contributed by atoms with van der Waals surface area (Å²) in [5.41, 5.74) is 3.02. The minimum atomic E-state index is -0.436. The molecular weight excluding hydrogens is 393 g/mol. The number of thioether (sulfide) groups is 1. The number of nitrogens with one attached hydrogen (secondary N) is 1. The van der Waals surface area contributed by atoms with Crippen LogP contribution >= 0.6 is 35.0 Å². The smallest absolute Gasteiger partial charge is 0.316 e. The number of halogens is 2. The molecule has 0 aliphatic carbocycles. The number of ether oxygens (including phenoxy) is 1. The minimum Gasteiger partial charge on any atom is -0.455 e. The summed E-state index contributed by atoms with van der Waals surface area (Å²) in [7, 11) is 0. The molecule has 0 spiro atoms. The molecule has 0 aromatic heterocycles. The maximum Gasteiger partial charge on any atom is 0.316 e. The number of hydrogen-bond donors (Lipinski definition) is 1. The SMILES string of the molecule is Cc1ccc(SCC(=O)OCC(=O)NCc2ccc(Cl)cc2Cl)c(C)c1. The zero-order valence-electron chi connectivity index (χ0n) is 14.5. The molecule has 0 aliphatic heterocycles. The molecule has 7 heteroatoms. The summed E-state index contributed by atoms with van der Waals surface area (Å²) in [5.74, 6) is -0.671. The van der Waals surface area contributed by atoms with Crippen LogP contribution in [0.15, 0.2) is 41.3 Å². The first-order chi connectivity index (χ1) is 12.3. The highest BCUT2D eigenvalue weighted by Gasteiger charge is 2.10. The van der Waals surface area contributed by atoms with Crippen molar-refractivity contribution in [2.45, 2.75) is 25.3 Å². The topological polar surface area (TPSA) is 55.4 Å². The lowest BCUT2D eigenvalue weighted by Crippen LogP contribution is -2.28. The zero-order chi connectivity index (χ0) is 19.1. The molecule has 2 rings (SSSR count). The number of rotatable bonds is 7. The first-order valence-electron chi connectivity index (χ1n) is 7.91. The molecule has 1 N–H and O–H groups in total. The Morgan fingerprint density at radius 3 is 2.58 bits per heavy atom. The van der Waals surface area contributed by atoms with Crippen molar-refractivity contribution in [2.24, 2.45) is 0 Å². The lowest BCUT2D eigenvalue weighted by Gasteiger charge is -2.09. The standard InChI is InChI=1S/C19H19Cl2NO3S/c1-12-3-6-17(13(2)7-12)26-11-19(24)25-10-18(23)22-9-14-4-5-15(20)8-16(14)21/h3-8H,9-11H2,1-2H3,(H,22,23). The van der Waals surface area contributed by atoms with E-state index in [4.69, 9.17) is 27.9 Å². The molecule has 0 radical (unpaired) electrons. The molecule has 0 fully saturated rings. The zero-order valence-corrected chi connectivity index (χ0v) is 16.8. The molecule has 0 saturated carbocycles. The first kappa shape index (κ1) is 20.6. The van der Waals surface area contributed by atoms with E-state index in [-0.39, 0.29) is 24.8 Å². The van der Waals surface area contributed by atoms with Crippen LogP contribution in [0.1, 0.15) is 16.7 Å². The van der Waals surface area contributed by atoms with Crippen LogP contribution < -0.4 is 5.32 Å². The Morgan fingerprint density at radius 2 is 1.88 bits per heavy atom. The van der Waals surface area contributed by atoms with Crippen molar-refractivity contribution in [2.75, 3.05) is 12.4 Å². The van der Waals surface area contributed by atoms with Crippen LogP contribution in [0, 0.1) is 13.8 Å². The van der Waals surface area contributed by atoms with Gasteiger partial charge in [0.1, 0.15) is 0 Å². The van der Waals surface area contributed by atoms with Gasteiger partial charge in [-0.2, -0.15) is 0 Å². The van der Waals surface area contributed by atoms with E-state index in [1.807, 2.05) is 26.0 Å². The van der Waals surface area contributed by atoms with Gasteiger partial charge < -0.3 is 10.1 Å². The fraction of sp³-hybridized carbons (Fsp3) is 0.263. The molecule has 0 aliphatic rings. The van der Waals surface area contributed by atoms with Gasteiger partial charge in [0, 0.05) is 21.5 Å². The number of carbonyl (C=O) groups is 2. The summed E-state index contributed by atoms with van der Waals surface area (Å²) in [4.78, 5) is 24.6. The molecule has 0 heterocycles. The van der Waals surface area contributed by atoms with Crippen molar-refractivity contribution >= 4 is 46.8 Å². The van der Waals surface area contributed by atoms with Crippen molar-refractivity contribution in [3.8, 4) is 0 Å². The summed E-state index contributed by atoms with van der Waals surface area (Å²) in [6, 6.07) is 11.1. The monoisotopic (exact) mass is 411 g/mol. The van der Waals surface area contributed by atoms with E-state index < -0.39 is 5.97 Å². The fourth-order valence-corrected chi connectivity index (χ4v) is 3.48. The van der Waals surface area contributed by atoms with Crippen LogP contribution in [-0.2, 0) is 20.9 Å². The highest BCUT2D eigenvalue weighted by Crippen LogP contribution is 2.23. The summed E-state index contributed by atoms with van der Waals surface area (Å²) in [6.45, 7) is 3.93. The molecule has 0 bridgehead atoms. The van der Waals surface area contributed by atoms with E-state index in [1.165, 1.54) is 17.3 Å². The minimum absolute atomic E-state index is 0.153. The molecule has 26 heavy (non-hydrogen) atoms. The average molecular weight is 412 g/mol. The second-order valence-electron chi connectivity index (χ2n) is 5.73. The van der Waals surface area contributed by atoms with Crippen molar-refractivity contribution < 1.29 is 14.3 Å². The van der Waals surface area contributed by atoms with Gasteiger partial charge in [-0.3, -0.25) is 9.59 Å². The molecule has 0 atom stereocenters.